The first kappa shape index (κ1) is 10.0. The quantitative estimate of drug-likeness (QED) is 0.717. The highest BCUT2D eigenvalue weighted by molar-refractivity contribution is 9.09. The van der Waals surface area contributed by atoms with Gasteiger partial charge in [-0.3, -0.25) is 0 Å². The van der Waals surface area contributed by atoms with Crippen LogP contribution in [-0.4, -0.2) is 5.33 Å². The van der Waals surface area contributed by atoms with E-state index in [-0.39, 0.29) is 10.8 Å². The number of aryl methyl sites for hydroxylation is 1. The van der Waals surface area contributed by atoms with Crippen molar-refractivity contribution in [2.45, 2.75) is 12.8 Å². The van der Waals surface area contributed by atoms with Crippen LogP contribution in [0.4, 0.5) is 4.39 Å². The van der Waals surface area contributed by atoms with Gasteiger partial charge >= 0.3 is 0 Å². The molecule has 0 nitrogen and oxygen atoms in total. The van der Waals surface area contributed by atoms with Crippen LogP contribution < -0.4 is 0 Å². The first-order valence-electron chi connectivity index (χ1n) is 3.74. The predicted octanol–water partition coefficient (Wildman–Crippen LogP) is 3.81. The molecule has 1 aromatic carbocycles. The summed E-state index contributed by atoms with van der Waals surface area (Å²) in [6.07, 6.45) is 1.66. The lowest BCUT2D eigenvalue weighted by Crippen LogP contribution is -1.91. The largest absolute Gasteiger partial charge is 0.205 e. The van der Waals surface area contributed by atoms with Crippen LogP contribution >= 0.6 is 27.5 Å². The van der Waals surface area contributed by atoms with Crippen LogP contribution in [0.1, 0.15) is 12.0 Å². The van der Waals surface area contributed by atoms with Gasteiger partial charge in [0, 0.05) is 5.33 Å². The van der Waals surface area contributed by atoms with Crippen molar-refractivity contribution in [2.75, 3.05) is 5.33 Å². The van der Waals surface area contributed by atoms with Crippen LogP contribution in [-0.2, 0) is 6.42 Å². The Labute approximate surface area is 84.9 Å². The van der Waals surface area contributed by atoms with E-state index < -0.39 is 0 Å². The summed E-state index contributed by atoms with van der Waals surface area (Å²) in [5, 5.41) is 1.10. The summed E-state index contributed by atoms with van der Waals surface area (Å²) in [6.45, 7) is 0. The van der Waals surface area contributed by atoms with Gasteiger partial charge in [0.1, 0.15) is 5.82 Å². The van der Waals surface area contributed by atoms with E-state index in [4.69, 9.17) is 11.6 Å². The maximum absolute atomic E-state index is 13.2. The molecule has 0 aliphatic rings. The van der Waals surface area contributed by atoms with Gasteiger partial charge in [0.2, 0.25) is 0 Å². The zero-order chi connectivity index (χ0) is 8.97. The molecule has 0 radical (unpaired) electrons. The van der Waals surface area contributed by atoms with E-state index in [1.54, 1.807) is 18.2 Å². The molecule has 0 saturated heterocycles. The molecule has 0 heterocycles. The number of benzene rings is 1. The molecule has 0 aliphatic heterocycles. The lowest BCUT2D eigenvalue weighted by molar-refractivity contribution is 0.608. The fraction of sp³-hybridized carbons (Fsp3) is 0.333. The Kier molecular flexibility index (Phi) is 4.02. The number of hydrogen-bond donors (Lipinski definition) is 0. The van der Waals surface area contributed by atoms with Crippen molar-refractivity contribution in [2.24, 2.45) is 0 Å². The van der Waals surface area contributed by atoms with Crippen LogP contribution in [0, 0.1) is 5.82 Å². The van der Waals surface area contributed by atoms with Crippen molar-refractivity contribution in [1.82, 2.24) is 0 Å². The molecule has 0 spiro atoms. The summed E-state index contributed by atoms with van der Waals surface area (Å²) in [4.78, 5) is 0. The molecule has 0 aliphatic carbocycles. The average molecular weight is 252 g/mol. The maximum atomic E-state index is 13.2. The monoisotopic (exact) mass is 250 g/mol. The van der Waals surface area contributed by atoms with Crippen molar-refractivity contribution in [3.8, 4) is 0 Å². The van der Waals surface area contributed by atoms with Gasteiger partial charge < -0.3 is 0 Å². The lowest BCUT2D eigenvalue weighted by atomic mass is 10.1. The van der Waals surface area contributed by atoms with Crippen LogP contribution in [0.25, 0.3) is 0 Å². The minimum Gasteiger partial charge on any atom is -0.205 e. The minimum absolute atomic E-state index is 0.210. The number of rotatable bonds is 3. The zero-order valence-electron chi connectivity index (χ0n) is 6.49. The normalized spacial score (nSPS) is 10.2. The summed E-state index contributed by atoms with van der Waals surface area (Å²) in [5.74, 6) is -0.278. The first-order valence-corrected chi connectivity index (χ1v) is 5.24. The fourth-order valence-corrected chi connectivity index (χ4v) is 1.47. The third kappa shape index (κ3) is 2.46. The Bertz CT molecular complexity index is 263. The molecule has 1 aromatic rings. The molecular weight excluding hydrogens is 242 g/mol. The van der Waals surface area contributed by atoms with E-state index in [2.05, 4.69) is 15.9 Å². The molecule has 66 valence electrons. The number of halogens is 3. The molecule has 12 heavy (non-hydrogen) atoms. The Morgan fingerprint density at radius 1 is 1.42 bits per heavy atom. The van der Waals surface area contributed by atoms with Crippen molar-refractivity contribution in [3.05, 3.63) is 34.6 Å². The van der Waals surface area contributed by atoms with Crippen molar-refractivity contribution < 1.29 is 4.39 Å². The Hall–Kier alpha value is -0.0800. The van der Waals surface area contributed by atoms with Gasteiger partial charge in [-0.15, -0.1) is 0 Å². The highest BCUT2D eigenvalue weighted by Gasteiger charge is 2.04. The molecule has 0 aromatic heterocycles. The average Bonchev–Trinajstić information content (AvgIpc) is 2.08. The summed E-state index contributed by atoms with van der Waals surface area (Å²) in [6, 6.07) is 5.10. The van der Waals surface area contributed by atoms with Gasteiger partial charge in [-0.25, -0.2) is 4.39 Å². The van der Waals surface area contributed by atoms with E-state index in [9.17, 15) is 4.39 Å². The summed E-state index contributed by atoms with van der Waals surface area (Å²) >= 11 is 8.90. The molecule has 0 saturated carbocycles. The third-order valence-corrected chi connectivity index (χ3v) is 2.46. The molecule has 0 bridgehead atoms. The van der Waals surface area contributed by atoms with Crippen LogP contribution in [0.15, 0.2) is 18.2 Å². The Balaban J connectivity index is 2.78. The molecule has 1 rings (SSSR count). The fourth-order valence-electron chi connectivity index (χ4n) is 0.999. The van der Waals surface area contributed by atoms with E-state index in [1.165, 1.54) is 0 Å². The molecule has 0 amide bonds. The predicted molar refractivity (Wildman–Crippen MR) is 53.5 cm³/mol. The second kappa shape index (κ2) is 4.83. The SMILES string of the molecule is Fc1c(Cl)cccc1CCCBr. The molecule has 0 fully saturated rings. The molecule has 0 N–H and O–H groups in total. The topological polar surface area (TPSA) is 0 Å². The highest BCUT2D eigenvalue weighted by Crippen LogP contribution is 2.18. The maximum Gasteiger partial charge on any atom is 0.144 e. The molecule has 0 unspecified atom stereocenters. The van der Waals surface area contributed by atoms with Crippen LogP contribution in [0.2, 0.25) is 5.02 Å². The van der Waals surface area contributed by atoms with Crippen molar-refractivity contribution in [3.63, 3.8) is 0 Å². The van der Waals surface area contributed by atoms with Crippen molar-refractivity contribution in [1.29, 1.82) is 0 Å². The first-order chi connectivity index (χ1) is 5.75. The van der Waals surface area contributed by atoms with Gasteiger partial charge in [0.25, 0.3) is 0 Å². The van der Waals surface area contributed by atoms with Gasteiger partial charge in [0.05, 0.1) is 5.02 Å². The van der Waals surface area contributed by atoms with E-state index >= 15 is 0 Å². The second-order valence-electron chi connectivity index (χ2n) is 2.51. The van der Waals surface area contributed by atoms with Crippen LogP contribution in [0.5, 0.6) is 0 Å². The minimum atomic E-state index is -0.278. The van der Waals surface area contributed by atoms with Gasteiger partial charge in [-0.2, -0.15) is 0 Å². The van der Waals surface area contributed by atoms with Crippen molar-refractivity contribution >= 4 is 27.5 Å². The second-order valence-corrected chi connectivity index (χ2v) is 3.71. The van der Waals surface area contributed by atoms with E-state index in [0.29, 0.717) is 5.56 Å². The number of alkyl halides is 1. The summed E-state index contributed by atoms with van der Waals surface area (Å²) in [5.41, 5.74) is 0.696. The van der Waals surface area contributed by atoms with Crippen LogP contribution in [0.3, 0.4) is 0 Å². The Morgan fingerprint density at radius 3 is 2.83 bits per heavy atom. The van der Waals surface area contributed by atoms with E-state index in [0.717, 1.165) is 18.2 Å². The smallest absolute Gasteiger partial charge is 0.144 e. The van der Waals surface area contributed by atoms with E-state index in [1.807, 2.05) is 0 Å². The highest BCUT2D eigenvalue weighted by atomic mass is 79.9. The standard InChI is InChI=1S/C9H9BrClF/c10-6-2-4-7-3-1-5-8(11)9(7)12/h1,3,5H,2,4,6H2. The molecule has 3 heteroatoms. The van der Waals surface area contributed by atoms with Gasteiger partial charge in [-0.05, 0) is 24.5 Å². The molecular formula is C9H9BrClF. The van der Waals surface area contributed by atoms with Gasteiger partial charge in [0.15, 0.2) is 0 Å². The Morgan fingerprint density at radius 2 is 2.17 bits per heavy atom. The summed E-state index contributed by atoms with van der Waals surface area (Å²) < 4.78 is 13.2. The number of hydrogen-bond acceptors (Lipinski definition) is 0. The van der Waals surface area contributed by atoms with Gasteiger partial charge in [-0.1, -0.05) is 39.7 Å². The zero-order valence-corrected chi connectivity index (χ0v) is 8.83. The summed E-state index contributed by atoms with van der Waals surface area (Å²) in [7, 11) is 0. The third-order valence-electron chi connectivity index (χ3n) is 1.61. The molecule has 0 atom stereocenters. The lowest BCUT2D eigenvalue weighted by Gasteiger charge is -2.01.